The lowest BCUT2D eigenvalue weighted by Crippen LogP contribution is -2.48. The van der Waals surface area contributed by atoms with Gasteiger partial charge in [-0.15, -0.1) is 0 Å². The molecule has 1 fully saturated rings. The summed E-state index contributed by atoms with van der Waals surface area (Å²) in [6, 6.07) is 16.5. The summed E-state index contributed by atoms with van der Waals surface area (Å²) in [5, 5.41) is 1.10. The number of fused-ring (bicyclic) bond motifs is 2. The van der Waals surface area contributed by atoms with E-state index >= 15 is 0 Å². The molecule has 0 atom stereocenters. The van der Waals surface area contributed by atoms with Gasteiger partial charge in [-0.1, -0.05) is 36.8 Å². The van der Waals surface area contributed by atoms with Crippen molar-refractivity contribution in [3.63, 3.8) is 0 Å². The quantitative estimate of drug-likeness (QED) is 0.565. The Morgan fingerprint density at radius 3 is 2.70 bits per heavy atom. The number of rotatable bonds is 1. The van der Waals surface area contributed by atoms with Gasteiger partial charge in [-0.3, -0.25) is 4.79 Å². The summed E-state index contributed by atoms with van der Waals surface area (Å²) in [5.74, 6) is 1.20. The van der Waals surface area contributed by atoms with E-state index in [-0.39, 0.29) is 11.3 Å². The third-order valence-corrected chi connectivity index (χ3v) is 7.64. The zero-order valence-electron chi connectivity index (χ0n) is 19.7. The molecule has 2 aliphatic rings. The molecule has 0 unspecified atom stereocenters. The molecule has 5 rings (SSSR count). The average molecular weight is 446 g/mol. The molecule has 2 aliphatic heterocycles. The number of nitrogens with one attached hydrogen (secondary N) is 1. The predicted molar refractivity (Wildman–Crippen MR) is 133 cm³/mol. The van der Waals surface area contributed by atoms with Crippen molar-refractivity contribution in [2.75, 3.05) is 39.8 Å². The lowest BCUT2D eigenvalue weighted by Gasteiger charge is -2.44. The molecule has 0 radical (unpaired) electrons. The van der Waals surface area contributed by atoms with Gasteiger partial charge in [-0.05, 0) is 68.3 Å². The number of carbonyl (C=O) groups excluding carboxylic acids is 1. The number of carbonyl (C=O) groups is 1. The maximum atomic E-state index is 13.4. The van der Waals surface area contributed by atoms with Gasteiger partial charge in [0.1, 0.15) is 12.4 Å². The number of aromatic nitrogens is 1. The second-order valence-corrected chi connectivity index (χ2v) is 9.94. The first-order valence-electron chi connectivity index (χ1n) is 12.4. The minimum atomic E-state index is 0.157. The second kappa shape index (κ2) is 9.60. The van der Waals surface area contributed by atoms with Gasteiger partial charge >= 0.3 is 0 Å². The Labute approximate surface area is 196 Å². The van der Waals surface area contributed by atoms with Crippen LogP contribution in [-0.4, -0.2) is 60.5 Å². The Morgan fingerprint density at radius 1 is 0.970 bits per heavy atom. The van der Waals surface area contributed by atoms with Crippen molar-refractivity contribution in [2.45, 2.75) is 38.5 Å². The minimum Gasteiger partial charge on any atom is -0.492 e. The molecule has 174 valence electrons. The summed E-state index contributed by atoms with van der Waals surface area (Å²) in [7, 11) is 2.21. The van der Waals surface area contributed by atoms with E-state index < -0.39 is 0 Å². The number of nitrogens with zero attached hydrogens (tertiary/aromatic N) is 2. The summed E-state index contributed by atoms with van der Waals surface area (Å²) in [4.78, 5) is 21.1. The lowest BCUT2D eigenvalue weighted by molar-refractivity contribution is 0.0426. The fourth-order valence-electron chi connectivity index (χ4n) is 5.73. The maximum absolute atomic E-state index is 13.4. The van der Waals surface area contributed by atoms with Crippen LogP contribution in [0.4, 0.5) is 0 Å². The zero-order valence-corrected chi connectivity index (χ0v) is 19.7. The van der Waals surface area contributed by atoms with Gasteiger partial charge in [-0.2, -0.15) is 0 Å². The highest BCUT2D eigenvalue weighted by atomic mass is 16.5. The smallest absolute Gasteiger partial charge is 0.255 e. The number of hydrogen-bond acceptors (Lipinski definition) is 3. The number of benzene rings is 2. The predicted octanol–water partition coefficient (Wildman–Crippen LogP) is 5.13. The van der Waals surface area contributed by atoms with Gasteiger partial charge < -0.3 is 19.5 Å². The molecule has 2 aromatic carbocycles. The van der Waals surface area contributed by atoms with Crippen LogP contribution in [0.15, 0.2) is 54.7 Å². The van der Waals surface area contributed by atoms with E-state index in [9.17, 15) is 4.79 Å². The maximum Gasteiger partial charge on any atom is 0.255 e. The number of H-pyrrole nitrogens is 1. The number of piperidine rings is 1. The molecule has 5 nitrogen and oxygen atoms in total. The Bertz CT molecular complexity index is 1100. The number of hydrogen-bond donors (Lipinski definition) is 1. The molecule has 1 spiro atoms. The molecular weight excluding hydrogens is 410 g/mol. The number of likely N-dealkylation sites (tertiary alicyclic amines) is 1. The van der Waals surface area contributed by atoms with Crippen LogP contribution < -0.4 is 4.74 Å². The summed E-state index contributed by atoms with van der Waals surface area (Å²) in [5.41, 5.74) is 3.35. The van der Waals surface area contributed by atoms with Crippen molar-refractivity contribution in [1.29, 1.82) is 0 Å². The zero-order chi connectivity index (χ0) is 22.7. The fourth-order valence-corrected chi connectivity index (χ4v) is 5.73. The number of aryl methyl sites for hydroxylation is 1. The molecule has 1 saturated heterocycles. The first-order valence-corrected chi connectivity index (χ1v) is 12.4. The number of para-hydroxylation sites is 2. The Kier molecular flexibility index (Phi) is 6.41. The third-order valence-electron chi connectivity index (χ3n) is 7.64. The van der Waals surface area contributed by atoms with Crippen LogP contribution >= 0.6 is 0 Å². The Morgan fingerprint density at radius 2 is 1.82 bits per heavy atom. The third kappa shape index (κ3) is 4.79. The van der Waals surface area contributed by atoms with Crippen molar-refractivity contribution in [3.8, 4) is 5.75 Å². The van der Waals surface area contributed by atoms with Crippen LogP contribution in [0.5, 0.6) is 5.75 Å². The molecule has 1 N–H and O–H groups in total. The van der Waals surface area contributed by atoms with E-state index in [0.717, 1.165) is 67.7 Å². The van der Waals surface area contributed by atoms with E-state index in [4.69, 9.17) is 4.74 Å². The highest BCUT2D eigenvalue weighted by Crippen LogP contribution is 2.38. The van der Waals surface area contributed by atoms with Crippen molar-refractivity contribution in [2.24, 2.45) is 5.41 Å². The number of aromatic amines is 1. The summed E-state index contributed by atoms with van der Waals surface area (Å²) >= 11 is 0. The van der Waals surface area contributed by atoms with Crippen molar-refractivity contribution >= 4 is 16.8 Å². The second-order valence-electron chi connectivity index (χ2n) is 9.94. The van der Waals surface area contributed by atoms with Gasteiger partial charge in [0.2, 0.25) is 0 Å². The van der Waals surface area contributed by atoms with Crippen molar-refractivity contribution < 1.29 is 9.53 Å². The van der Waals surface area contributed by atoms with E-state index in [1.807, 2.05) is 24.4 Å². The minimum absolute atomic E-state index is 0.157. The molecule has 5 heteroatoms. The Balaban J connectivity index is 1.26. The lowest BCUT2D eigenvalue weighted by atomic mass is 9.73. The number of amides is 1. The standard InChI is InChI=1S/C28H35N3O2/c1-30-19-20-33-25-11-3-2-7-22(25)8-4-5-13-28(21-30)14-17-31(18-15-28)27(32)24-10-6-9-23-12-16-29-26(23)24/h2-3,6-7,9-12,16,29H,4-5,8,13-15,17-21H2,1H3. The van der Waals surface area contributed by atoms with E-state index in [1.165, 1.54) is 24.8 Å². The summed E-state index contributed by atoms with van der Waals surface area (Å²) in [6.45, 7) is 4.39. The normalized spacial score (nSPS) is 20.0. The first-order chi connectivity index (χ1) is 16.1. The molecule has 1 amide bonds. The number of likely N-dealkylation sites (N-methyl/N-ethyl adjacent to an activating group) is 1. The molecule has 3 heterocycles. The molecule has 1 aromatic heterocycles. The highest BCUT2D eigenvalue weighted by Gasteiger charge is 2.37. The van der Waals surface area contributed by atoms with Crippen LogP contribution in [0.3, 0.4) is 0 Å². The van der Waals surface area contributed by atoms with Crippen molar-refractivity contribution in [1.82, 2.24) is 14.8 Å². The Hall–Kier alpha value is -2.79. The highest BCUT2D eigenvalue weighted by molar-refractivity contribution is 6.05. The van der Waals surface area contributed by atoms with Crippen LogP contribution in [0.1, 0.15) is 48.0 Å². The van der Waals surface area contributed by atoms with Crippen LogP contribution in [-0.2, 0) is 6.42 Å². The van der Waals surface area contributed by atoms with E-state index in [2.05, 4.69) is 52.2 Å². The van der Waals surface area contributed by atoms with Gasteiger partial charge in [-0.25, -0.2) is 0 Å². The van der Waals surface area contributed by atoms with E-state index in [1.54, 1.807) is 0 Å². The summed E-state index contributed by atoms with van der Waals surface area (Å²) in [6.07, 6.45) is 8.76. The van der Waals surface area contributed by atoms with Crippen LogP contribution in [0, 0.1) is 5.41 Å². The topological polar surface area (TPSA) is 48.6 Å². The summed E-state index contributed by atoms with van der Waals surface area (Å²) < 4.78 is 6.14. The first kappa shape index (κ1) is 22.0. The van der Waals surface area contributed by atoms with Gasteiger partial charge in [0.25, 0.3) is 5.91 Å². The van der Waals surface area contributed by atoms with Crippen LogP contribution in [0.2, 0.25) is 0 Å². The molecule has 33 heavy (non-hydrogen) atoms. The monoisotopic (exact) mass is 445 g/mol. The molecule has 3 aromatic rings. The largest absolute Gasteiger partial charge is 0.492 e. The molecular formula is C28H35N3O2. The average Bonchev–Trinajstić information content (AvgIpc) is 3.31. The van der Waals surface area contributed by atoms with Gasteiger partial charge in [0, 0.05) is 37.8 Å². The van der Waals surface area contributed by atoms with Gasteiger partial charge in [0.15, 0.2) is 0 Å². The van der Waals surface area contributed by atoms with Crippen molar-refractivity contribution in [3.05, 3.63) is 65.9 Å². The molecule has 0 aliphatic carbocycles. The van der Waals surface area contributed by atoms with Crippen LogP contribution in [0.25, 0.3) is 10.9 Å². The number of ether oxygens (including phenoxy) is 1. The molecule has 0 saturated carbocycles. The SMILES string of the molecule is CN1CCOc2ccccc2CCCCC2(CCN(C(=O)c3cccc4cc[nH]c34)CC2)C1. The van der Waals surface area contributed by atoms with E-state index in [0.29, 0.717) is 6.61 Å². The van der Waals surface area contributed by atoms with Gasteiger partial charge in [0.05, 0.1) is 11.1 Å². The fraction of sp³-hybridized carbons (Fsp3) is 0.464. The molecule has 0 bridgehead atoms.